The van der Waals surface area contributed by atoms with Crippen molar-refractivity contribution in [2.75, 3.05) is 28.9 Å². The Morgan fingerprint density at radius 3 is 2.73 bits per heavy atom. The summed E-state index contributed by atoms with van der Waals surface area (Å²) in [5.41, 5.74) is 3.33. The van der Waals surface area contributed by atoms with E-state index in [0.717, 1.165) is 34.3 Å². The van der Waals surface area contributed by atoms with Gasteiger partial charge in [-0.15, -0.1) is 11.3 Å². The van der Waals surface area contributed by atoms with E-state index in [0.29, 0.717) is 34.4 Å². The number of piperidine rings is 2. The number of aryl methyl sites for hydroxylation is 2. The van der Waals surface area contributed by atoms with Crippen molar-refractivity contribution in [1.82, 2.24) is 29.3 Å². The Morgan fingerprint density at radius 2 is 2.00 bits per heavy atom. The monoisotopic (exact) mass is 538 g/mol. The normalized spacial score (nSPS) is 20.4. The number of nitrogens with zero attached hydrogens (tertiary/aromatic N) is 6. The Bertz CT molecular complexity index is 1470. The molecule has 6 heterocycles. The lowest BCUT2D eigenvalue weighted by atomic mass is 9.80. The van der Waals surface area contributed by atoms with Crippen molar-refractivity contribution in [3.8, 4) is 10.4 Å². The van der Waals surface area contributed by atoms with Gasteiger partial charge in [-0.2, -0.15) is 10.2 Å². The quantitative estimate of drug-likeness (QED) is 0.354. The smallest absolute Gasteiger partial charge is 0.260 e. The Kier molecular flexibility index (Phi) is 6.55. The van der Waals surface area contributed by atoms with E-state index in [1.807, 2.05) is 26.4 Å². The maximum absolute atomic E-state index is 13.2. The minimum atomic E-state index is -1.23. The summed E-state index contributed by atoms with van der Waals surface area (Å²) >= 11 is 1.49. The molecule has 1 amide bonds. The highest BCUT2D eigenvalue weighted by molar-refractivity contribution is 7.86. The summed E-state index contributed by atoms with van der Waals surface area (Å²) in [6.45, 7) is 3.81. The van der Waals surface area contributed by atoms with E-state index in [4.69, 9.17) is 0 Å². The van der Waals surface area contributed by atoms with E-state index in [1.165, 1.54) is 37.0 Å². The Balaban J connectivity index is 1.11. The first-order valence-corrected chi connectivity index (χ1v) is 14.7. The van der Waals surface area contributed by atoms with Crippen LogP contribution in [0.2, 0.25) is 0 Å². The molecule has 3 aliphatic rings. The fourth-order valence-corrected chi connectivity index (χ4v) is 7.27. The van der Waals surface area contributed by atoms with E-state index < -0.39 is 11.0 Å². The molecule has 1 atom stereocenters. The molecule has 3 fully saturated rings. The molecular weight excluding hydrogens is 508 g/mol. The predicted octanol–water partition coefficient (Wildman–Crippen LogP) is 3.70. The zero-order chi connectivity index (χ0) is 25.5. The number of aromatic nitrogens is 5. The van der Waals surface area contributed by atoms with Crippen molar-refractivity contribution in [2.45, 2.75) is 38.6 Å². The van der Waals surface area contributed by atoms with Crippen molar-refractivity contribution < 1.29 is 9.00 Å². The molecule has 1 unspecified atom stereocenters. The molecule has 2 bridgehead atoms. The number of nitrogens with one attached hydrogen (secondary N) is 2. The largest absolute Gasteiger partial charge is 0.320 e. The average Bonchev–Trinajstić information content (AvgIpc) is 3.61. The van der Waals surface area contributed by atoms with Crippen LogP contribution in [-0.2, 0) is 18.0 Å². The number of carbonyl (C=O) groups is 1. The minimum Gasteiger partial charge on any atom is -0.320 e. The Labute approximate surface area is 221 Å². The summed E-state index contributed by atoms with van der Waals surface area (Å²) in [6.07, 6.45) is 14.1. The fraction of sp³-hybridized carbons (Fsp3) is 0.440. The van der Waals surface area contributed by atoms with Gasteiger partial charge in [0.05, 0.1) is 51.9 Å². The van der Waals surface area contributed by atoms with Gasteiger partial charge < -0.3 is 10.0 Å². The molecular formula is C25H30N8O2S2. The molecule has 1 saturated carbocycles. The first kappa shape index (κ1) is 24.3. The number of amides is 1. The first-order valence-electron chi connectivity index (χ1n) is 12.6. The molecule has 7 rings (SSSR count). The van der Waals surface area contributed by atoms with Crippen LogP contribution in [0.3, 0.4) is 0 Å². The van der Waals surface area contributed by atoms with E-state index in [9.17, 15) is 9.00 Å². The molecule has 4 aromatic rings. The fourth-order valence-electron chi connectivity index (χ4n) is 5.36. The van der Waals surface area contributed by atoms with Gasteiger partial charge in [-0.05, 0) is 44.6 Å². The lowest BCUT2D eigenvalue weighted by Gasteiger charge is -2.45. The van der Waals surface area contributed by atoms with Gasteiger partial charge in [0.2, 0.25) is 0 Å². The molecule has 10 nitrogen and oxygen atoms in total. The number of rotatable bonds is 8. The van der Waals surface area contributed by atoms with Crippen LogP contribution < -0.4 is 10.0 Å². The lowest BCUT2D eigenvalue weighted by molar-refractivity contribution is 0.0547. The van der Waals surface area contributed by atoms with Gasteiger partial charge in [-0.1, -0.05) is 0 Å². The molecule has 2 aliphatic heterocycles. The average molecular weight is 539 g/mol. The van der Waals surface area contributed by atoms with Gasteiger partial charge in [-0.25, -0.2) is 8.72 Å². The first-order chi connectivity index (χ1) is 17.9. The highest BCUT2D eigenvalue weighted by atomic mass is 32.2. The zero-order valence-corrected chi connectivity index (χ0v) is 22.5. The zero-order valence-electron chi connectivity index (χ0n) is 20.9. The highest BCUT2D eigenvalue weighted by Crippen LogP contribution is 2.34. The molecule has 0 radical (unpaired) electrons. The molecule has 2 saturated heterocycles. The van der Waals surface area contributed by atoms with Crippen LogP contribution in [0.5, 0.6) is 0 Å². The second-order valence-electron chi connectivity index (χ2n) is 9.94. The predicted molar refractivity (Wildman–Crippen MR) is 146 cm³/mol. The van der Waals surface area contributed by atoms with Crippen molar-refractivity contribution >= 4 is 44.4 Å². The third-order valence-corrected chi connectivity index (χ3v) is 9.56. The number of fused-ring (bicyclic) bond motifs is 4. The maximum Gasteiger partial charge on any atom is 0.260 e. The third-order valence-electron chi connectivity index (χ3n) is 7.39. The Morgan fingerprint density at radius 1 is 1.16 bits per heavy atom. The number of anilines is 2. The molecule has 0 aromatic carbocycles. The van der Waals surface area contributed by atoms with Crippen LogP contribution in [0.25, 0.3) is 15.3 Å². The van der Waals surface area contributed by atoms with Crippen LogP contribution >= 0.6 is 11.3 Å². The number of thiazole rings is 1. The highest BCUT2D eigenvalue weighted by Gasteiger charge is 2.33. The second kappa shape index (κ2) is 9.99. The maximum atomic E-state index is 13.2. The number of hydrogen-bond donors (Lipinski definition) is 2. The molecule has 194 valence electrons. The van der Waals surface area contributed by atoms with E-state index in [-0.39, 0.29) is 5.91 Å². The van der Waals surface area contributed by atoms with Crippen molar-refractivity contribution in [3.63, 3.8) is 0 Å². The van der Waals surface area contributed by atoms with Gasteiger partial charge in [-0.3, -0.25) is 19.4 Å². The summed E-state index contributed by atoms with van der Waals surface area (Å²) in [5.74, 6) is 1.11. The SMILES string of the molecule is Cc1ncc(NS(=O)CCN2CC3CCC2CC3)cc1NC(=O)c1cnn2cc(-c3cnn(C)c3)sc12. The number of carbonyl (C=O) groups excluding carboxylic acids is 1. The summed E-state index contributed by atoms with van der Waals surface area (Å²) in [5, 5.41) is 11.5. The van der Waals surface area contributed by atoms with Crippen LogP contribution in [0.1, 0.15) is 41.7 Å². The molecule has 37 heavy (non-hydrogen) atoms. The number of pyridine rings is 1. The summed E-state index contributed by atoms with van der Waals surface area (Å²) in [6, 6.07) is 2.45. The minimum absolute atomic E-state index is 0.266. The van der Waals surface area contributed by atoms with Gasteiger partial charge in [0.1, 0.15) is 15.8 Å². The van der Waals surface area contributed by atoms with E-state index >= 15 is 0 Å². The number of hydrogen-bond acceptors (Lipinski definition) is 7. The van der Waals surface area contributed by atoms with Gasteiger partial charge in [0.25, 0.3) is 5.91 Å². The van der Waals surface area contributed by atoms with Gasteiger partial charge in [0, 0.05) is 44.1 Å². The lowest BCUT2D eigenvalue weighted by Crippen LogP contribution is -2.49. The molecule has 2 N–H and O–H groups in total. The van der Waals surface area contributed by atoms with Gasteiger partial charge in [0.15, 0.2) is 0 Å². The Hall–Kier alpha value is -3.09. The van der Waals surface area contributed by atoms with Crippen LogP contribution in [-0.4, -0.2) is 64.3 Å². The second-order valence-corrected chi connectivity index (χ2v) is 12.3. The van der Waals surface area contributed by atoms with E-state index in [2.05, 4.69) is 30.1 Å². The molecule has 4 aromatic heterocycles. The van der Waals surface area contributed by atoms with Gasteiger partial charge >= 0.3 is 0 Å². The third kappa shape index (κ3) is 5.05. The van der Waals surface area contributed by atoms with Crippen molar-refractivity contribution in [3.05, 3.63) is 48.3 Å². The standard InChI is InChI=1S/C25H30N8O2S2/c1-16-22(9-19(11-26-16)30-37(35)8-7-32-13-17-3-5-20(32)6-4-17)29-24(34)21-12-28-33-15-23(36-25(21)33)18-10-27-31(2)14-18/h9-12,14-15,17,20,30H,3-8,13H2,1-2H3,(H,29,34). The molecule has 0 spiro atoms. The molecule has 12 heteroatoms. The van der Waals surface area contributed by atoms with Crippen molar-refractivity contribution in [2.24, 2.45) is 13.0 Å². The van der Waals surface area contributed by atoms with Crippen molar-refractivity contribution in [1.29, 1.82) is 0 Å². The summed E-state index contributed by atoms with van der Waals surface area (Å²) in [4.78, 5) is 21.8. The van der Waals surface area contributed by atoms with Crippen LogP contribution in [0.15, 0.2) is 37.1 Å². The summed E-state index contributed by atoms with van der Waals surface area (Å²) in [7, 11) is 0.642. The molecule has 1 aliphatic carbocycles. The van der Waals surface area contributed by atoms with E-state index in [1.54, 1.807) is 33.9 Å². The topological polar surface area (TPSA) is 109 Å². The van der Waals surface area contributed by atoms with Crippen LogP contribution in [0, 0.1) is 12.8 Å². The summed E-state index contributed by atoms with van der Waals surface area (Å²) < 4.78 is 19.3. The van der Waals surface area contributed by atoms with Crippen LogP contribution in [0.4, 0.5) is 11.4 Å².